The maximum absolute atomic E-state index is 12.9. The van der Waals surface area contributed by atoms with Crippen LogP contribution in [0.25, 0.3) is 0 Å². The van der Waals surface area contributed by atoms with Crippen LogP contribution in [0.5, 0.6) is 0 Å². The molecule has 0 spiro atoms. The molecule has 1 aromatic heterocycles. The number of Topliss-reactive ketones (excluding diaryl/α,β-unsaturated/α-hetero) is 1. The topological polar surface area (TPSA) is 44.1 Å². The van der Waals surface area contributed by atoms with Crippen molar-refractivity contribution in [2.75, 3.05) is 7.11 Å². The molecule has 21 heavy (non-hydrogen) atoms. The highest BCUT2D eigenvalue weighted by molar-refractivity contribution is 9.10. The van der Waals surface area contributed by atoms with E-state index in [1.54, 1.807) is 7.11 Å². The molecule has 4 nitrogen and oxygen atoms in total. The van der Waals surface area contributed by atoms with Crippen LogP contribution >= 0.6 is 15.9 Å². The number of hydrogen-bond donors (Lipinski definition) is 0. The van der Waals surface area contributed by atoms with Gasteiger partial charge in [0.1, 0.15) is 5.60 Å². The summed E-state index contributed by atoms with van der Waals surface area (Å²) in [6, 6.07) is 0. The van der Waals surface area contributed by atoms with E-state index < -0.39 is 5.60 Å². The highest BCUT2D eigenvalue weighted by Crippen LogP contribution is 2.33. The molecular weight excluding hydrogens is 332 g/mol. The highest BCUT2D eigenvalue weighted by atomic mass is 79.9. The number of carbonyl (C=O) groups is 1. The Morgan fingerprint density at radius 2 is 1.95 bits per heavy atom. The van der Waals surface area contributed by atoms with Gasteiger partial charge in [-0.1, -0.05) is 25.7 Å². The molecule has 0 N–H and O–H groups in total. The van der Waals surface area contributed by atoms with E-state index in [-0.39, 0.29) is 5.78 Å². The Balaban J connectivity index is 2.23. The summed E-state index contributed by atoms with van der Waals surface area (Å²) in [5.74, 6) is 0.196. The second kappa shape index (κ2) is 7.05. The molecule has 1 aliphatic carbocycles. The molecule has 0 atom stereocenters. The summed E-state index contributed by atoms with van der Waals surface area (Å²) < 4.78 is 8.59. The van der Waals surface area contributed by atoms with Gasteiger partial charge in [-0.2, -0.15) is 5.10 Å². The zero-order valence-electron chi connectivity index (χ0n) is 13.2. The lowest BCUT2D eigenvalue weighted by atomic mass is 9.87. The maximum Gasteiger partial charge on any atom is 0.170 e. The van der Waals surface area contributed by atoms with E-state index in [2.05, 4.69) is 21.0 Å². The van der Waals surface area contributed by atoms with E-state index >= 15 is 0 Å². The van der Waals surface area contributed by atoms with Crippen LogP contribution < -0.4 is 0 Å². The molecule has 0 saturated heterocycles. The molecule has 1 aromatic rings. The van der Waals surface area contributed by atoms with Crippen LogP contribution in [0, 0.1) is 6.92 Å². The van der Waals surface area contributed by atoms with Crippen molar-refractivity contribution >= 4 is 21.7 Å². The van der Waals surface area contributed by atoms with Crippen molar-refractivity contribution in [2.24, 2.45) is 0 Å². The number of ketones is 1. The number of nitrogens with zero attached hydrogens (tertiary/aromatic N) is 2. The van der Waals surface area contributed by atoms with Crippen molar-refractivity contribution in [3.63, 3.8) is 0 Å². The van der Waals surface area contributed by atoms with Crippen molar-refractivity contribution in [3.8, 4) is 0 Å². The lowest BCUT2D eigenvalue weighted by Crippen LogP contribution is -2.41. The Bertz CT molecular complexity index is 503. The average Bonchev–Trinajstić information content (AvgIpc) is 2.69. The minimum absolute atomic E-state index is 0.196. The third kappa shape index (κ3) is 3.39. The fraction of sp³-hybridized carbons (Fsp3) is 0.750. The van der Waals surface area contributed by atoms with Crippen LogP contribution in [0.4, 0.5) is 0 Å². The average molecular weight is 357 g/mol. The largest absolute Gasteiger partial charge is 0.370 e. The molecule has 0 radical (unpaired) electrons. The number of hydrogen-bond acceptors (Lipinski definition) is 3. The lowest BCUT2D eigenvalue weighted by Gasteiger charge is -2.30. The normalized spacial score (nSPS) is 18.5. The first-order valence-electron chi connectivity index (χ1n) is 7.84. The maximum atomic E-state index is 12.9. The van der Waals surface area contributed by atoms with E-state index in [1.807, 2.05) is 18.5 Å². The van der Waals surface area contributed by atoms with Crippen LogP contribution in [-0.4, -0.2) is 28.3 Å². The molecule has 0 bridgehead atoms. The zero-order chi connectivity index (χ0) is 15.5. The molecule has 0 unspecified atom stereocenters. The molecule has 1 fully saturated rings. The van der Waals surface area contributed by atoms with Gasteiger partial charge in [0.25, 0.3) is 0 Å². The van der Waals surface area contributed by atoms with E-state index in [4.69, 9.17) is 4.74 Å². The van der Waals surface area contributed by atoms with Crippen molar-refractivity contribution in [3.05, 3.63) is 15.9 Å². The van der Waals surface area contributed by atoms with Crippen LogP contribution in [0.3, 0.4) is 0 Å². The van der Waals surface area contributed by atoms with Gasteiger partial charge in [-0.15, -0.1) is 0 Å². The summed E-state index contributed by atoms with van der Waals surface area (Å²) in [6.07, 6.45) is 6.64. The van der Waals surface area contributed by atoms with Gasteiger partial charge in [0.05, 0.1) is 22.3 Å². The van der Waals surface area contributed by atoms with Crippen LogP contribution in [0.2, 0.25) is 0 Å². The van der Waals surface area contributed by atoms with E-state index in [9.17, 15) is 4.79 Å². The zero-order valence-corrected chi connectivity index (χ0v) is 14.8. The first kappa shape index (κ1) is 16.7. The van der Waals surface area contributed by atoms with Gasteiger partial charge in [-0.3, -0.25) is 9.48 Å². The van der Waals surface area contributed by atoms with Crippen molar-refractivity contribution in [1.82, 2.24) is 9.78 Å². The lowest BCUT2D eigenvalue weighted by molar-refractivity contribution is -0.142. The number of halogens is 1. The van der Waals surface area contributed by atoms with Gasteiger partial charge in [0.2, 0.25) is 0 Å². The number of methoxy groups -OCH3 is 1. The Kier molecular flexibility index (Phi) is 5.60. The standard InChI is InChI=1S/C16H25BrN2O2/c1-4-19-13(15(17)12(2)18-19)11-14(20)16(21-3)9-7-5-6-8-10-16/h4-11H2,1-3H3. The first-order chi connectivity index (χ1) is 10.0. The van der Waals surface area contributed by atoms with Gasteiger partial charge in [-0.05, 0) is 42.6 Å². The van der Waals surface area contributed by atoms with Crippen LogP contribution in [-0.2, 0) is 22.5 Å². The third-order valence-corrected chi connectivity index (χ3v) is 5.62. The fourth-order valence-electron chi connectivity index (χ4n) is 3.25. The van der Waals surface area contributed by atoms with Gasteiger partial charge in [-0.25, -0.2) is 0 Å². The Morgan fingerprint density at radius 3 is 2.48 bits per heavy atom. The predicted molar refractivity (Wildman–Crippen MR) is 86.5 cm³/mol. The molecule has 5 heteroatoms. The number of rotatable bonds is 5. The van der Waals surface area contributed by atoms with E-state index in [1.165, 1.54) is 12.8 Å². The predicted octanol–water partition coefficient (Wildman–Crippen LogP) is 3.82. The highest BCUT2D eigenvalue weighted by Gasteiger charge is 2.38. The SMILES string of the molecule is CCn1nc(C)c(Br)c1CC(=O)C1(OC)CCCCCC1. The van der Waals surface area contributed by atoms with Crippen LogP contribution in [0.1, 0.15) is 56.8 Å². The van der Waals surface area contributed by atoms with Gasteiger partial charge >= 0.3 is 0 Å². The quantitative estimate of drug-likeness (QED) is 0.753. The summed E-state index contributed by atoms with van der Waals surface area (Å²) in [4.78, 5) is 12.9. The van der Waals surface area contributed by atoms with Crippen LogP contribution in [0.15, 0.2) is 4.47 Å². The number of ether oxygens (including phenoxy) is 1. The second-order valence-electron chi connectivity index (χ2n) is 5.87. The van der Waals surface area contributed by atoms with Gasteiger partial charge in [0.15, 0.2) is 5.78 Å². The van der Waals surface area contributed by atoms with Crippen molar-refractivity contribution < 1.29 is 9.53 Å². The van der Waals surface area contributed by atoms with E-state index in [0.29, 0.717) is 6.42 Å². The minimum Gasteiger partial charge on any atom is -0.370 e. The molecule has 1 aliphatic rings. The summed E-state index contributed by atoms with van der Waals surface area (Å²) >= 11 is 3.57. The summed E-state index contributed by atoms with van der Waals surface area (Å²) in [5.41, 5.74) is 1.32. The molecule has 0 amide bonds. The molecule has 2 rings (SSSR count). The number of carbonyl (C=O) groups excluding carboxylic acids is 1. The summed E-state index contributed by atoms with van der Waals surface area (Å²) in [7, 11) is 1.68. The molecule has 1 saturated carbocycles. The van der Waals surface area contributed by atoms with Gasteiger partial charge < -0.3 is 4.74 Å². The first-order valence-corrected chi connectivity index (χ1v) is 8.63. The third-order valence-electron chi connectivity index (χ3n) is 4.59. The summed E-state index contributed by atoms with van der Waals surface area (Å²) in [5, 5.41) is 4.47. The Labute approximate surface area is 135 Å². The molecule has 0 aromatic carbocycles. The molecule has 1 heterocycles. The number of aryl methyl sites for hydroxylation is 2. The van der Waals surface area contributed by atoms with Gasteiger partial charge in [0, 0.05) is 13.7 Å². The molecular formula is C16H25BrN2O2. The fourth-order valence-corrected chi connectivity index (χ4v) is 3.67. The second-order valence-corrected chi connectivity index (χ2v) is 6.67. The monoisotopic (exact) mass is 356 g/mol. The molecule has 118 valence electrons. The van der Waals surface area contributed by atoms with Crippen molar-refractivity contribution in [2.45, 2.75) is 70.9 Å². The summed E-state index contributed by atoms with van der Waals surface area (Å²) in [6.45, 7) is 4.78. The smallest absolute Gasteiger partial charge is 0.170 e. The van der Waals surface area contributed by atoms with Crippen molar-refractivity contribution in [1.29, 1.82) is 0 Å². The molecule has 0 aliphatic heterocycles. The van der Waals surface area contributed by atoms with E-state index in [0.717, 1.165) is 48.1 Å². The minimum atomic E-state index is -0.591. The Morgan fingerprint density at radius 1 is 1.33 bits per heavy atom. The number of aromatic nitrogens is 2. The Hall–Kier alpha value is -0.680.